The van der Waals surface area contributed by atoms with Gasteiger partial charge in [0, 0.05) is 49.1 Å². The quantitative estimate of drug-likeness (QED) is 0.518. The van der Waals surface area contributed by atoms with Crippen LogP contribution in [0.1, 0.15) is 19.5 Å². The van der Waals surface area contributed by atoms with Crippen LogP contribution in [0.15, 0.2) is 30.3 Å². The molecular formula is C19H25N5O5S. The van der Waals surface area contributed by atoms with E-state index in [0.717, 1.165) is 0 Å². The first-order chi connectivity index (χ1) is 14.1. The first kappa shape index (κ1) is 22.1. The van der Waals surface area contributed by atoms with Crippen LogP contribution in [0.2, 0.25) is 0 Å². The van der Waals surface area contributed by atoms with Crippen LogP contribution in [0.25, 0.3) is 11.4 Å². The Kier molecular flexibility index (Phi) is 6.64. The second kappa shape index (κ2) is 9.02. The molecular weight excluding hydrogens is 410 g/mol. The SMILES string of the molecule is Cc1cc(NCCS(=O)(=O)N2C[C@@H](C)O[C@@H](C)C2)nc(-c2cccc([N+](=O)[O-])c2)n1. The molecule has 30 heavy (non-hydrogen) atoms. The molecule has 2 aromatic rings. The number of hydrogen-bond acceptors (Lipinski definition) is 8. The minimum Gasteiger partial charge on any atom is -0.373 e. The van der Waals surface area contributed by atoms with Crippen molar-refractivity contribution in [2.24, 2.45) is 0 Å². The Balaban J connectivity index is 1.69. The number of sulfonamides is 1. The smallest absolute Gasteiger partial charge is 0.270 e. The summed E-state index contributed by atoms with van der Waals surface area (Å²) in [5.41, 5.74) is 1.12. The zero-order valence-corrected chi connectivity index (χ0v) is 17.9. The van der Waals surface area contributed by atoms with Crippen molar-refractivity contribution in [3.05, 3.63) is 46.1 Å². The van der Waals surface area contributed by atoms with Gasteiger partial charge in [0.2, 0.25) is 10.0 Å². The summed E-state index contributed by atoms with van der Waals surface area (Å²) in [5.74, 6) is 0.713. The number of benzene rings is 1. The fraction of sp³-hybridized carbons (Fsp3) is 0.474. The van der Waals surface area contributed by atoms with Crippen molar-refractivity contribution in [1.82, 2.24) is 14.3 Å². The van der Waals surface area contributed by atoms with Crippen LogP contribution in [0.5, 0.6) is 0 Å². The molecule has 3 rings (SSSR count). The molecule has 0 amide bonds. The van der Waals surface area contributed by atoms with Crippen LogP contribution in [0.3, 0.4) is 0 Å². The van der Waals surface area contributed by atoms with E-state index in [4.69, 9.17) is 4.74 Å². The maximum absolute atomic E-state index is 12.7. The Bertz CT molecular complexity index is 1020. The molecule has 1 aliphatic rings. The van der Waals surface area contributed by atoms with E-state index in [-0.39, 0.29) is 30.2 Å². The van der Waals surface area contributed by atoms with E-state index in [1.807, 2.05) is 13.8 Å². The number of anilines is 1. The molecule has 2 atom stereocenters. The van der Waals surface area contributed by atoms with Gasteiger partial charge in [0.15, 0.2) is 5.82 Å². The highest BCUT2D eigenvalue weighted by Gasteiger charge is 2.30. The van der Waals surface area contributed by atoms with E-state index in [1.165, 1.54) is 16.4 Å². The highest BCUT2D eigenvalue weighted by molar-refractivity contribution is 7.89. The average Bonchev–Trinajstić information content (AvgIpc) is 2.67. The number of non-ortho nitro benzene ring substituents is 1. The molecule has 10 nitrogen and oxygen atoms in total. The molecule has 0 saturated carbocycles. The molecule has 0 spiro atoms. The number of rotatable bonds is 7. The molecule has 1 aliphatic heterocycles. The van der Waals surface area contributed by atoms with Gasteiger partial charge in [-0.3, -0.25) is 10.1 Å². The lowest BCUT2D eigenvalue weighted by Gasteiger charge is -2.34. The lowest BCUT2D eigenvalue weighted by atomic mass is 10.2. The third-order valence-corrected chi connectivity index (χ3v) is 6.42. The van der Waals surface area contributed by atoms with Gasteiger partial charge in [-0.15, -0.1) is 0 Å². The minimum atomic E-state index is -3.43. The van der Waals surface area contributed by atoms with E-state index in [0.29, 0.717) is 36.0 Å². The Labute approximate surface area is 175 Å². The van der Waals surface area contributed by atoms with Gasteiger partial charge in [-0.25, -0.2) is 18.4 Å². The molecule has 0 aliphatic carbocycles. The Morgan fingerprint density at radius 1 is 1.23 bits per heavy atom. The third-order valence-electron chi connectivity index (χ3n) is 4.62. The molecule has 11 heteroatoms. The van der Waals surface area contributed by atoms with Crippen molar-refractivity contribution < 1.29 is 18.1 Å². The second-order valence-electron chi connectivity index (χ2n) is 7.34. The highest BCUT2D eigenvalue weighted by Crippen LogP contribution is 2.22. The van der Waals surface area contributed by atoms with Gasteiger partial charge in [-0.05, 0) is 20.8 Å². The minimum absolute atomic E-state index is 0.0489. The van der Waals surface area contributed by atoms with E-state index < -0.39 is 14.9 Å². The number of aryl methyl sites for hydroxylation is 1. The van der Waals surface area contributed by atoms with Crippen LogP contribution < -0.4 is 5.32 Å². The van der Waals surface area contributed by atoms with Crippen molar-refractivity contribution >= 4 is 21.5 Å². The van der Waals surface area contributed by atoms with Gasteiger partial charge in [-0.1, -0.05) is 12.1 Å². The maximum Gasteiger partial charge on any atom is 0.270 e. The zero-order chi connectivity index (χ0) is 21.9. The first-order valence-electron chi connectivity index (χ1n) is 9.62. The van der Waals surface area contributed by atoms with E-state index in [1.54, 1.807) is 25.1 Å². The van der Waals surface area contributed by atoms with Crippen molar-refractivity contribution in [3.63, 3.8) is 0 Å². The Morgan fingerprint density at radius 3 is 2.60 bits per heavy atom. The van der Waals surface area contributed by atoms with Crippen LogP contribution in [-0.4, -0.2) is 65.2 Å². The van der Waals surface area contributed by atoms with Crippen LogP contribution >= 0.6 is 0 Å². The first-order valence-corrected chi connectivity index (χ1v) is 11.2. The number of morpholine rings is 1. The van der Waals surface area contributed by atoms with Crippen molar-refractivity contribution in [2.45, 2.75) is 33.0 Å². The molecule has 162 valence electrons. The third kappa shape index (κ3) is 5.49. The summed E-state index contributed by atoms with van der Waals surface area (Å²) in [5, 5.41) is 14.0. The van der Waals surface area contributed by atoms with Crippen molar-refractivity contribution in [3.8, 4) is 11.4 Å². The average molecular weight is 436 g/mol. The summed E-state index contributed by atoms with van der Waals surface area (Å²) in [4.78, 5) is 19.3. The van der Waals surface area contributed by atoms with Crippen LogP contribution in [0.4, 0.5) is 11.5 Å². The normalized spacial score (nSPS) is 20.1. The maximum atomic E-state index is 12.7. The molecule has 1 aromatic carbocycles. The molecule has 0 radical (unpaired) electrons. The largest absolute Gasteiger partial charge is 0.373 e. The number of nitro groups is 1. The van der Waals surface area contributed by atoms with Crippen molar-refractivity contribution in [1.29, 1.82) is 0 Å². The number of nitrogens with one attached hydrogen (secondary N) is 1. The molecule has 1 N–H and O–H groups in total. The summed E-state index contributed by atoms with van der Waals surface area (Å²) < 4.78 is 32.4. The zero-order valence-electron chi connectivity index (χ0n) is 17.1. The van der Waals surface area contributed by atoms with Gasteiger partial charge < -0.3 is 10.1 Å². The highest BCUT2D eigenvalue weighted by atomic mass is 32.2. The molecule has 1 aromatic heterocycles. The molecule has 0 bridgehead atoms. The van der Waals surface area contributed by atoms with E-state index >= 15 is 0 Å². The van der Waals surface area contributed by atoms with Crippen molar-refractivity contribution in [2.75, 3.05) is 30.7 Å². The molecule has 0 unspecified atom stereocenters. The fourth-order valence-corrected chi connectivity index (χ4v) is 4.83. The summed E-state index contributed by atoms with van der Waals surface area (Å²) in [6.45, 7) is 6.35. The lowest BCUT2D eigenvalue weighted by molar-refractivity contribution is -0.384. The predicted molar refractivity (Wildman–Crippen MR) is 113 cm³/mol. The van der Waals surface area contributed by atoms with Gasteiger partial charge in [-0.2, -0.15) is 4.31 Å². The molecule has 1 saturated heterocycles. The van der Waals surface area contributed by atoms with Gasteiger partial charge in [0.1, 0.15) is 5.82 Å². The summed E-state index contributed by atoms with van der Waals surface area (Å²) in [6.07, 6.45) is -0.281. The van der Waals surface area contributed by atoms with E-state index in [9.17, 15) is 18.5 Å². The fourth-order valence-electron chi connectivity index (χ4n) is 3.34. The summed E-state index contributed by atoms with van der Waals surface area (Å²) in [6, 6.07) is 7.77. The standard InChI is InChI=1S/C19H25N5O5S/c1-13-9-18(22-19(21-13)16-5-4-6-17(10-16)24(25)26)20-7-8-30(27,28)23-11-14(2)29-15(3)12-23/h4-6,9-10,14-15H,7-8,11-12H2,1-3H3,(H,20,21,22)/t14-,15+. The number of ether oxygens (including phenoxy) is 1. The number of hydrogen-bond donors (Lipinski definition) is 1. The Hall–Kier alpha value is -2.63. The summed E-state index contributed by atoms with van der Waals surface area (Å²) in [7, 11) is -3.43. The molecule has 1 fully saturated rings. The number of nitrogens with zero attached hydrogens (tertiary/aromatic N) is 4. The summed E-state index contributed by atoms with van der Waals surface area (Å²) >= 11 is 0. The topological polar surface area (TPSA) is 128 Å². The predicted octanol–water partition coefficient (Wildman–Crippen LogP) is 2.21. The Morgan fingerprint density at radius 2 is 1.93 bits per heavy atom. The number of nitro benzene ring substituents is 1. The lowest BCUT2D eigenvalue weighted by Crippen LogP contribution is -2.49. The van der Waals surface area contributed by atoms with Gasteiger partial charge in [0.25, 0.3) is 5.69 Å². The second-order valence-corrected chi connectivity index (χ2v) is 9.43. The van der Waals surface area contributed by atoms with Gasteiger partial charge >= 0.3 is 0 Å². The molecule has 2 heterocycles. The van der Waals surface area contributed by atoms with E-state index in [2.05, 4.69) is 15.3 Å². The van der Waals surface area contributed by atoms with Gasteiger partial charge in [0.05, 0.1) is 22.9 Å². The van der Waals surface area contributed by atoms with Crippen LogP contribution in [-0.2, 0) is 14.8 Å². The number of aromatic nitrogens is 2. The van der Waals surface area contributed by atoms with Crippen LogP contribution in [0, 0.1) is 17.0 Å². The monoisotopic (exact) mass is 435 g/mol.